The van der Waals surface area contributed by atoms with Crippen molar-refractivity contribution in [3.63, 3.8) is 0 Å². The van der Waals surface area contributed by atoms with Crippen LogP contribution in [0.15, 0.2) is 12.3 Å². The second-order valence-corrected chi connectivity index (χ2v) is 13.2. The molecule has 2 fully saturated rings. The summed E-state index contributed by atoms with van der Waals surface area (Å²) in [4.78, 5) is 44.6. The van der Waals surface area contributed by atoms with Crippen LogP contribution >= 0.6 is 0 Å². The van der Waals surface area contributed by atoms with E-state index in [1.54, 1.807) is 33.8 Å². The lowest BCUT2D eigenvalue weighted by Crippen LogP contribution is -2.53. The molecule has 8 nitrogen and oxygen atoms in total. The number of amides is 3. The number of hydrogen-bond acceptors (Lipinski definition) is 5. The summed E-state index contributed by atoms with van der Waals surface area (Å²) in [6.07, 6.45) is 7.47. The zero-order chi connectivity index (χ0) is 27.5. The van der Waals surface area contributed by atoms with Crippen molar-refractivity contribution in [2.45, 2.75) is 106 Å². The number of nitrogens with one attached hydrogen (secondary N) is 2. The number of carbonyl (C=O) groups excluding carboxylic acids is 3. The van der Waals surface area contributed by atoms with Gasteiger partial charge in [-0.3, -0.25) is 14.9 Å². The molecule has 2 aliphatic rings. The molecule has 2 atom stereocenters. The molecule has 2 unspecified atom stereocenters. The number of pyridine rings is 1. The van der Waals surface area contributed by atoms with E-state index in [9.17, 15) is 14.4 Å². The van der Waals surface area contributed by atoms with Crippen LogP contribution < -0.4 is 10.6 Å². The number of rotatable bonds is 3. The lowest BCUT2D eigenvalue weighted by molar-refractivity contribution is -0.148. The van der Waals surface area contributed by atoms with Gasteiger partial charge in [0.2, 0.25) is 0 Å². The fraction of sp³-hybridized carbons (Fsp3) is 0.724. The molecule has 1 saturated carbocycles. The monoisotopic (exact) mass is 514 g/mol. The van der Waals surface area contributed by atoms with Crippen LogP contribution in [-0.2, 0) is 14.3 Å². The number of aryl methyl sites for hydroxylation is 1. The summed E-state index contributed by atoms with van der Waals surface area (Å²) in [5.74, 6) is 0.766. The molecule has 0 radical (unpaired) electrons. The first-order valence-corrected chi connectivity index (χ1v) is 13.7. The average molecular weight is 515 g/mol. The molecule has 1 saturated heterocycles. The van der Waals surface area contributed by atoms with Crippen molar-refractivity contribution in [3.8, 4) is 0 Å². The van der Waals surface area contributed by atoms with Crippen LogP contribution in [0.5, 0.6) is 0 Å². The first kappa shape index (κ1) is 28.9. The summed E-state index contributed by atoms with van der Waals surface area (Å²) in [6, 6.07) is 1.81. The van der Waals surface area contributed by atoms with Gasteiger partial charge in [0.1, 0.15) is 11.4 Å². The van der Waals surface area contributed by atoms with E-state index in [1.807, 2.05) is 4.90 Å². The van der Waals surface area contributed by atoms with Gasteiger partial charge in [0, 0.05) is 12.6 Å². The number of anilines is 2. The Labute approximate surface area is 222 Å². The molecule has 0 spiro atoms. The summed E-state index contributed by atoms with van der Waals surface area (Å²) < 4.78 is 5.27. The summed E-state index contributed by atoms with van der Waals surface area (Å²) in [5.41, 5.74) is 0.752. The minimum atomic E-state index is -0.642. The topological polar surface area (TPSA) is 101 Å². The number of hydrogen-bond donors (Lipinski definition) is 2. The molecule has 0 aromatic carbocycles. The van der Waals surface area contributed by atoms with Crippen molar-refractivity contribution in [2.75, 3.05) is 17.2 Å². The number of ether oxygens (including phenoxy) is 1. The Hall–Kier alpha value is -2.64. The van der Waals surface area contributed by atoms with Gasteiger partial charge in [-0.25, -0.2) is 9.78 Å². The zero-order valence-electron chi connectivity index (χ0n) is 23.9. The van der Waals surface area contributed by atoms with E-state index in [2.05, 4.69) is 43.3 Å². The highest BCUT2D eigenvalue weighted by molar-refractivity contribution is 6.39. The lowest BCUT2D eigenvalue weighted by atomic mass is 9.67. The van der Waals surface area contributed by atoms with Crippen LogP contribution in [0.4, 0.5) is 16.3 Å². The Balaban J connectivity index is 1.64. The SMILES string of the molecule is Cc1cc(NC(=O)C(=O)N2CC(C)CCC2C2CCC(C(C)(C)C)CC2)cnc1NC(=O)OC(C)(C)C. The van der Waals surface area contributed by atoms with Gasteiger partial charge in [-0.2, -0.15) is 0 Å². The van der Waals surface area contributed by atoms with E-state index in [-0.39, 0.29) is 6.04 Å². The quantitative estimate of drug-likeness (QED) is 0.471. The van der Waals surface area contributed by atoms with Gasteiger partial charge in [-0.15, -0.1) is 0 Å². The highest BCUT2D eigenvalue weighted by atomic mass is 16.6. The van der Waals surface area contributed by atoms with Crippen LogP contribution in [0, 0.1) is 30.1 Å². The molecule has 206 valence electrons. The van der Waals surface area contributed by atoms with E-state index in [0.717, 1.165) is 25.7 Å². The predicted molar refractivity (Wildman–Crippen MR) is 146 cm³/mol. The predicted octanol–water partition coefficient (Wildman–Crippen LogP) is 6.16. The number of likely N-dealkylation sites (tertiary alicyclic amines) is 1. The number of piperidine rings is 1. The first-order valence-electron chi connectivity index (χ1n) is 13.7. The standard InChI is InChI=1S/C29H46N4O4/c1-18-9-14-23(20-10-12-21(13-11-20)28(3,4)5)33(17-18)26(35)25(34)31-22-15-19(2)24(30-16-22)32-27(36)37-29(6,7)8/h15-16,18,20-21,23H,9-14,17H2,1-8H3,(H,31,34)(H,30,32,36). The van der Waals surface area contributed by atoms with Crippen molar-refractivity contribution in [1.29, 1.82) is 0 Å². The van der Waals surface area contributed by atoms with Gasteiger partial charge in [-0.1, -0.05) is 27.7 Å². The largest absolute Gasteiger partial charge is 0.444 e. The Morgan fingerprint density at radius 1 is 0.973 bits per heavy atom. The molecule has 1 aromatic rings. The third-order valence-corrected chi connectivity index (χ3v) is 7.82. The van der Waals surface area contributed by atoms with Gasteiger partial charge in [0.15, 0.2) is 0 Å². The van der Waals surface area contributed by atoms with E-state index in [1.165, 1.54) is 19.0 Å². The van der Waals surface area contributed by atoms with Crippen molar-refractivity contribution in [3.05, 3.63) is 17.8 Å². The molecule has 2 N–H and O–H groups in total. The van der Waals surface area contributed by atoms with Gasteiger partial charge >= 0.3 is 17.9 Å². The third kappa shape index (κ3) is 7.92. The zero-order valence-corrected chi connectivity index (χ0v) is 23.9. The second-order valence-electron chi connectivity index (χ2n) is 13.2. The molecule has 1 aromatic heterocycles. The molecule has 3 amide bonds. The fourth-order valence-electron chi connectivity index (χ4n) is 5.76. The average Bonchev–Trinajstić information content (AvgIpc) is 2.78. The minimum Gasteiger partial charge on any atom is -0.444 e. The van der Waals surface area contributed by atoms with Crippen LogP contribution in [-0.4, -0.2) is 46.0 Å². The highest BCUT2D eigenvalue weighted by Crippen LogP contribution is 2.43. The number of nitrogens with zero attached hydrogens (tertiary/aromatic N) is 2. The van der Waals surface area contributed by atoms with Crippen LogP contribution in [0.25, 0.3) is 0 Å². The molecule has 1 aliphatic carbocycles. The van der Waals surface area contributed by atoms with E-state index in [0.29, 0.717) is 46.8 Å². The summed E-state index contributed by atoms with van der Waals surface area (Å²) in [7, 11) is 0. The van der Waals surface area contributed by atoms with E-state index < -0.39 is 23.5 Å². The number of aromatic nitrogens is 1. The van der Waals surface area contributed by atoms with Crippen LogP contribution in [0.2, 0.25) is 0 Å². The molecule has 37 heavy (non-hydrogen) atoms. The van der Waals surface area contributed by atoms with Crippen LogP contribution in [0.3, 0.4) is 0 Å². The Morgan fingerprint density at radius 3 is 2.19 bits per heavy atom. The number of carbonyl (C=O) groups is 3. The summed E-state index contributed by atoms with van der Waals surface area (Å²) in [5, 5.41) is 5.35. The molecule has 0 bridgehead atoms. The van der Waals surface area contributed by atoms with Crippen molar-refractivity contribution >= 4 is 29.4 Å². The van der Waals surface area contributed by atoms with Crippen LogP contribution in [0.1, 0.15) is 92.6 Å². The molecular formula is C29H46N4O4. The first-order chi connectivity index (χ1) is 17.1. The Kier molecular flexibility index (Phi) is 8.91. The van der Waals surface area contributed by atoms with Gasteiger partial charge < -0.3 is 15.0 Å². The maximum absolute atomic E-state index is 13.4. The third-order valence-electron chi connectivity index (χ3n) is 7.82. The van der Waals surface area contributed by atoms with Gasteiger partial charge in [0.05, 0.1) is 11.9 Å². The maximum Gasteiger partial charge on any atom is 0.413 e. The van der Waals surface area contributed by atoms with Crippen molar-refractivity contribution < 1.29 is 19.1 Å². The normalized spacial score (nSPS) is 24.8. The van der Waals surface area contributed by atoms with Crippen molar-refractivity contribution in [1.82, 2.24) is 9.88 Å². The molecule has 2 heterocycles. The van der Waals surface area contributed by atoms with Crippen molar-refractivity contribution in [2.24, 2.45) is 23.2 Å². The van der Waals surface area contributed by atoms with Gasteiger partial charge in [0.25, 0.3) is 0 Å². The van der Waals surface area contributed by atoms with E-state index >= 15 is 0 Å². The summed E-state index contributed by atoms with van der Waals surface area (Å²) >= 11 is 0. The smallest absolute Gasteiger partial charge is 0.413 e. The van der Waals surface area contributed by atoms with E-state index in [4.69, 9.17) is 4.74 Å². The Bertz CT molecular complexity index is 987. The van der Waals surface area contributed by atoms with Gasteiger partial charge in [-0.05, 0) is 101 Å². The lowest BCUT2D eigenvalue weighted by Gasteiger charge is -2.46. The fourth-order valence-corrected chi connectivity index (χ4v) is 5.76. The maximum atomic E-state index is 13.4. The molecule has 3 rings (SSSR count). The highest BCUT2D eigenvalue weighted by Gasteiger charge is 2.40. The molecule has 1 aliphatic heterocycles. The molecular weight excluding hydrogens is 468 g/mol. The second kappa shape index (κ2) is 11.4. The minimum absolute atomic E-state index is 0.121. The molecule has 8 heteroatoms. The Morgan fingerprint density at radius 2 is 1.62 bits per heavy atom. The summed E-state index contributed by atoms with van der Waals surface area (Å²) in [6.45, 7) is 16.8.